The zero-order valence-electron chi connectivity index (χ0n) is 11.8. The van der Waals surface area contributed by atoms with E-state index in [4.69, 9.17) is 4.98 Å². The lowest BCUT2D eigenvalue weighted by Gasteiger charge is -2.26. The number of carbonyl (C=O) groups is 1. The van der Waals surface area contributed by atoms with Crippen molar-refractivity contribution in [2.75, 3.05) is 0 Å². The molecule has 3 heteroatoms. The van der Waals surface area contributed by atoms with Crippen LogP contribution in [0.25, 0.3) is 0 Å². The number of rotatable bonds is 3. The quantitative estimate of drug-likeness (QED) is 0.799. The third kappa shape index (κ3) is 2.76. The van der Waals surface area contributed by atoms with Crippen LogP contribution in [0.1, 0.15) is 84.6 Å². The first-order valence-corrected chi connectivity index (χ1v) is 8.62. The van der Waals surface area contributed by atoms with E-state index in [1.165, 1.54) is 43.5 Å². The second-order valence-corrected chi connectivity index (χ2v) is 7.14. The summed E-state index contributed by atoms with van der Waals surface area (Å²) in [6, 6.07) is 0. The van der Waals surface area contributed by atoms with E-state index in [1.807, 2.05) is 0 Å². The molecule has 0 aromatic carbocycles. The standard InChI is InChI=1S/C16H23NOS/c1-2-4-11-7-9-12(10-8-11)16-17-13-5-3-6-14(18)15(13)19-16/h11-12H,2-10H2,1H3. The van der Waals surface area contributed by atoms with E-state index < -0.39 is 0 Å². The molecule has 19 heavy (non-hydrogen) atoms. The molecule has 2 nitrogen and oxygen atoms in total. The lowest BCUT2D eigenvalue weighted by atomic mass is 9.80. The summed E-state index contributed by atoms with van der Waals surface area (Å²) in [6.45, 7) is 2.28. The van der Waals surface area contributed by atoms with Gasteiger partial charge in [-0.15, -0.1) is 11.3 Å². The summed E-state index contributed by atoms with van der Waals surface area (Å²) < 4.78 is 0. The van der Waals surface area contributed by atoms with Crippen molar-refractivity contribution in [2.45, 2.75) is 70.6 Å². The third-order valence-electron chi connectivity index (χ3n) is 4.68. The molecule has 1 aromatic heterocycles. The van der Waals surface area contributed by atoms with Crippen LogP contribution in [-0.4, -0.2) is 10.8 Å². The highest BCUT2D eigenvalue weighted by atomic mass is 32.1. The molecule has 1 saturated carbocycles. The molecule has 0 saturated heterocycles. The number of fused-ring (bicyclic) bond motifs is 1. The van der Waals surface area contributed by atoms with Gasteiger partial charge in [-0.1, -0.05) is 19.8 Å². The Balaban J connectivity index is 1.69. The van der Waals surface area contributed by atoms with Gasteiger partial charge in [0.15, 0.2) is 5.78 Å². The van der Waals surface area contributed by atoms with E-state index in [0.717, 1.165) is 35.8 Å². The lowest BCUT2D eigenvalue weighted by molar-refractivity contribution is 0.0976. The number of nitrogens with zero attached hydrogens (tertiary/aromatic N) is 1. The number of thiazole rings is 1. The summed E-state index contributed by atoms with van der Waals surface area (Å²) in [6.07, 6.45) is 10.7. The molecule has 0 N–H and O–H groups in total. The van der Waals surface area contributed by atoms with Crippen LogP contribution in [0.15, 0.2) is 0 Å². The van der Waals surface area contributed by atoms with Gasteiger partial charge >= 0.3 is 0 Å². The van der Waals surface area contributed by atoms with Crippen molar-refractivity contribution >= 4 is 17.1 Å². The Hall–Kier alpha value is -0.700. The molecule has 0 unspecified atom stereocenters. The van der Waals surface area contributed by atoms with E-state index >= 15 is 0 Å². The molecule has 0 atom stereocenters. The van der Waals surface area contributed by atoms with Crippen molar-refractivity contribution < 1.29 is 4.79 Å². The summed E-state index contributed by atoms with van der Waals surface area (Å²) >= 11 is 1.70. The van der Waals surface area contributed by atoms with Crippen LogP contribution in [0.5, 0.6) is 0 Å². The maximum absolute atomic E-state index is 11.9. The number of ketones is 1. The van der Waals surface area contributed by atoms with Gasteiger partial charge in [-0.05, 0) is 44.4 Å². The minimum atomic E-state index is 0.338. The Morgan fingerprint density at radius 3 is 2.68 bits per heavy atom. The number of Topliss-reactive ketones (excluding diaryl/α,β-unsaturated/α-hetero) is 1. The van der Waals surface area contributed by atoms with Crippen molar-refractivity contribution in [3.63, 3.8) is 0 Å². The van der Waals surface area contributed by atoms with Crippen molar-refractivity contribution in [3.05, 3.63) is 15.6 Å². The zero-order valence-corrected chi connectivity index (χ0v) is 12.6. The minimum Gasteiger partial charge on any atom is -0.293 e. The predicted octanol–water partition coefficient (Wildman–Crippen LogP) is 4.74. The molecule has 1 fully saturated rings. The van der Waals surface area contributed by atoms with E-state index in [2.05, 4.69) is 6.92 Å². The van der Waals surface area contributed by atoms with Gasteiger partial charge in [0.25, 0.3) is 0 Å². The molecule has 0 amide bonds. The highest BCUT2D eigenvalue weighted by Gasteiger charge is 2.28. The average molecular weight is 277 g/mol. The fourth-order valence-corrected chi connectivity index (χ4v) is 4.82. The van der Waals surface area contributed by atoms with Gasteiger partial charge in [-0.25, -0.2) is 4.98 Å². The molecule has 2 aliphatic carbocycles. The lowest BCUT2D eigenvalue weighted by Crippen LogP contribution is -2.13. The monoisotopic (exact) mass is 277 g/mol. The number of aryl methyl sites for hydroxylation is 1. The SMILES string of the molecule is CCCC1CCC(c2nc3c(s2)C(=O)CCC3)CC1. The van der Waals surface area contributed by atoms with Gasteiger partial charge in [0, 0.05) is 12.3 Å². The van der Waals surface area contributed by atoms with E-state index in [9.17, 15) is 4.79 Å². The van der Waals surface area contributed by atoms with Gasteiger partial charge in [-0.2, -0.15) is 0 Å². The van der Waals surface area contributed by atoms with Gasteiger partial charge in [0.1, 0.15) is 0 Å². The number of aromatic nitrogens is 1. The average Bonchev–Trinajstić information content (AvgIpc) is 2.85. The highest BCUT2D eigenvalue weighted by Crippen LogP contribution is 2.40. The number of hydrogen-bond donors (Lipinski definition) is 0. The number of hydrogen-bond acceptors (Lipinski definition) is 3. The van der Waals surface area contributed by atoms with Crippen molar-refractivity contribution in [1.29, 1.82) is 0 Å². The summed E-state index contributed by atoms with van der Waals surface area (Å²) in [5.41, 5.74) is 1.10. The smallest absolute Gasteiger partial charge is 0.174 e. The molecule has 0 aliphatic heterocycles. The minimum absolute atomic E-state index is 0.338. The van der Waals surface area contributed by atoms with Crippen molar-refractivity contribution in [3.8, 4) is 0 Å². The Morgan fingerprint density at radius 1 is 1.21 bits per heavy atom. The first-order valence-electron chi connectivity index (χ1n) is 7.80. The summed E-state index contributed by atoms with van der Waals surface area (Å²) in [7, 11) is 0. The van der Waals surface area contributed by atoms with Crippen LogP contribution in [-0.2, 0) is 6.42 Å². The molecule has 2 aliphatic rings. The maximum Gasteiger partial charge on any atom is 0.174 e. The normalized spacial score (nSPS) is 27.3. The van der Waals surface area contributed by atoms with Crippen LogP contribution in [0.3, 0.4) is 0 Å². The first-order chi connectivity index (χ1) is 9.28. The van der Waals surface area contributed by atoms with Crippen LogP contribution in [0.2, 0.25) is 0 Å². The molecule has 1 aromatic rings. The Labute approximate surface area is 119 Å². The third-order valence-corrected chi connectivity index (χ3v) is 5.98. The van der Waals surface area contributed by atoms with Crippen LogP contribution in [0, 0.1) is 5.92 Å². The fourth-order valence-electron chi connectivity index (χ4n) is 3.57. The summed E-state index contributed by atoms with van der Waals surface area (Å²) in [5.74, 6) is 1.92. The van der Waals surface area contributed by atoms with E-state index in [-0.39, 0.29) is 0 Å². The van der Waals surface area contributed by atoms with E-state index in [0.29, 0.717) is 11.7 Å². The maximum atomic E-state index is 11.9. The molecular formula is C16H23NOS. The fraction of sp³-hybridized carbons (Fsp3) is 0.750. The molecule has 0 radical (unpaired) electrons. The van der Waals surface area contributed by atoms with Gasteiger partial charge in [0.05, 0.1) is 15.6 Å². The molecule has 0 bridgehead atoms. The highest BCUT2D eigenvalue weighted by molar-refractivity contribution is 7.14. The topological polar surface area (TPSA) is 30.0 Å². The Kier molecular flexibility index (Phi) is 4.01. The van der Waals surface area contributed by atoms with Gasteiger partial charge in [-0.3, -0.25) is 4.79 Å². The molecule has 104 valence electrons. The summed E-state index contributed by atoms with van der Waals surface area (Å²) in [5, 5.41) is 1.26. The van der Waals surface area contributed by atoms with Gasteiger partial charge < -0.3 is 0 Å². The predicted molar refractivity (Wildman–Crippen MR) is 79.0 cm³/mol. The van der Waals surface area contributed by atoms with Crippen LogP contribution < -0.4 is 0 Å². The molecule has 0 spiro atoms. The van der Waals surface area contributed by atoms with Crippen molar-refractivity contribution in [1.82, 2.24) is 4.98 Å². The summed E-state index contributed by atoms with van der Waals surface area (Å²) in [4.78, 5) is 17.7. The van der Waals surface area contributed by atoms with E-state index in [1.54, 1.807) is 11.3 Å². The second-order valence-electron chi connectivity index (χ2n) is 6.11. The number of carbonyl (C=O) groups excluding carboxylic acids is 1. The molecule has 3 rings (SSSR count). The molecule has 1 heterocycles. The molecular weight excluding hydrogens is 254 g/mol. The Morgan fingerprint density at radius 2 is 2.00 bits per heavy atom. The Bertz CT molecular complexity index is 457. The van der Waals surface area contributed by atoms with Crippen LogP contribution in [0.4, 0.5) is 0 Å². The largest absolute Gasteiger partial charge is 0.293 e. The van der Waals surface area contributed by atoms with Gasteiger partial charge in [0.2, 0.25) is 0 Å². The van der Waals surface area contributed by atoms with Crippen molar-refractivity contribution in [2.24, 2.45) is 5.92 Å². The zero-order chi connectivity index (χ0) is 13.2. The van der Waals surface area contributed by atoms with Crippen LogP contribution >= 0.6 is 11.3 Å². The first kappa shape index (κ1) is 13.3. The second kappa shape index (κ2) is 5.74.